The molecule has 0 radical (unpaired) electrons. The summed E-state index contributed by atoms with van der Waals surface area (Å²) in [6, 6.07) is 10.1. The fourth-order valence-corrected chi connectivity index (χ4v) is 7.17. The molecule has 1 aliphatic carbocycles. The minimum absolute atomic E-state index is 0.0176. The maximum atomic E-state index is 13.7. The number of aliphatic hydroxyl groups is 1. The highest BCUT2D eigenvalue weighted by Gasteiger charge is 2.40. The van der Waals surface area contributed by atoms with E-state index in [1.807, 2.05) is 36.0 Å². The van der Waals surface area contributed by atoms with Crippen molar-refractivity contribution in [2.75, 3.05) is 39.8 Å². The number of carbonyl (C=O) groups is 1. The van der Waals surface area contributed by atoms with Gasteiger partial charge in [-0.2, -0.15) is 0 Å². The van der Waals surface area contributed by atoms with Crippen LogP contribution in [0.1, 0.15) is 79.7 Å². The molecule has 1 saturated heterocycles. The Morgan fingerprint density at radius 2 is 1.87 bits per heavy atom. The molecule has 2 aromatic rings. The van der Waals surface area contributed by atoms with E-state index in [2.05, 4.69) is 42.3 Å². The number of allylic oxidation sites excluding steroid dienone is 2. The second-order valence-corrected chi connectivity index (χ2v) is 13.9. The van der Waals surface area contributed by atoms with Crippen LogP contribution in [0.2, 0.25) is 0 Å². The first-order valence-electron chi connectivity index (χ1n) is 13.8. The maximum absolute atomic E-state index is 13.7. The van der Waals surface area contributed by atoms with Crippen molar-refractivity contribution >= 4 is 22.5 Å². The molecule has 5 rings (SSSR count). The molecule has 7 nitrogen and oxygen atoms in total. The summed E-state index contributed by atoms with van der Waals surface area (Å²) in [5.41, 5.74) is 6.70. The number of piperazine rings is 1. The predicted octanol–water partition coefficient (Wildman–Crippen LogP) is 4.40. The number of likely N-dealkylation sites (N-methyl/N-ethyl adjacent to an activating group) is 1. The Balaban J connectivity index is 1.63. The van der Waals surface area contributed by atoms with Gasteiger partial charge in [-0.25, -0.2) is 13.5 Å². The van der Waals surface area contributed by atoms with Gasteiger partial charge in [0.05, 0.1) is 16.5 Å². The lowest BCUT2D eigenvalue weighted by Crippen LogP contribution is -2.47. The third kappa shape index (κ3) is 5.37. The highest BCUT2D eigenvalue weighted by molar-refractivity contribution is 7.84. The summed E-state index contributed by atoms with van der Waals surface area (Å²) in [7, 11) is 0.792. The molecule has 8 heteroatoms. The molecule has 1 N–H and O–H groups in total. The number of hydrogen-bond donors (Lipinski definition) is 1. The fourth-order valence-electron chi connectivity index (χ4n) is 5.77. The zero-order valence-electron chi connectivity index (χ0n) is 23.1. The first-order chi connectivity index (χ1) is 18.2. The van der Waals surface area contributed by atoms with Gasteiger partial charge in [-0.3, -0.25) is 4.79 Å². The fraction of sp³-hybridized carbons (Fsp3) is 0.533. The van der Waals surface area contributed by atoms with Crippen LogP contribution in [0.4, 0.5) is 0 Å². The van der Waals surface area contributed by atoms with Gasteiger partial charge >= 0.3 is 0 Å². The van der Waals surface area contributed by atoms with Crippen LogP contribution in [0.25, 0.3) is 16.8 Å². The summed E-state index contributed by atoms with van der Waals surface area (Å²) in [4.78, 5) is 22.8. The predicted molar refractivity (Wildman–Crippen MR) is 153 cm³/mol. The minimum atomic E-state index is -1.28. The van der Waals surface area contributed by atoms with Crippen LogP contribution in [-0.2, 0) is 17.5 Å². The van der Waals surface area contributed by atoms with E-state index in [9.17, 15) is 14.1 Å². The number of pyridine rings is 1. The molecule has 3 heterocycles. The number of nitrogens with zero attached hydrogens (tertiary/aromatic N) is 4. The van der Waals surface area contributed by atoms with E-state index in [1.165, 1.54) is 17.6 Å². The molecule has 2 aliphatic heterocycles. The monoisotopic (exact) mass is 536 g/mol. The van der Waals surface area contributed by atoms with Crippen molar-refractivity contribution in [1.29, 1.82) is 0 Å². The number of benzene rings is 1. The van der Waals surface area contributed by atoms with E-state index in [1.54, 1.807) is 0 Å². The molecular formula is C30H40N4O3S. The molecule has 0 spiro atoms. The zero-order chi connectivity index (χ0) is 27.0. The molecule has 38 heavy (non-hydrogen) atoms. The average Bonchev–Trinajstić information content (AvgIpc) is 3.56. The molecule has 0 unspecified atom stereocenters. The van der Waals surface area contributed by atoms with Crippen LogP contribution in [-0.4, -0.2) is 78.9 Å². The molecule has 2 atom stereocenters. The van der Waals surface area contributed by atoms with Gasteiger partial charge < -0.3 is 14.9 Å². The summed E-state index contributed by atoms with van der Waals surface area (Å²) in [6.07, 6.45) is 6.12. The highest BCUT2D eigenvalue weighted by atomic mass is 32.2. The number of fused-ring (bicyclic) bond motifs is 1. The molecule has 1 fully saturated rings. The lowest BCUT2D eigenvalue weighted by atomic mass is 9.94. The lowest BCUT2D eigenvalue weighted by molar-refractivity contribution is 0.0658. The van der Waals surface area contributed by atoms with Gasteiger partial charge in [-0.15, -0.1) is 0 Å². The standard InChI is InChI=1S/C30H40N4O3S/c1-30(2,3)38(37)34-20-24-19-25(29(36)33-15-13-32(4)14-16-33)31-28(27(24)26(34)12-17-35)23-11-7-10-22(18-23)21-8-5-6-9-21/h7-8,10-11,18-19,26,35H,5-6,9,12-17,20H2,1-4H3/t26-,38-/m0/s1. The average molecular weight is 537 g/mol. The van der Waals surface area contributed by atoms with E-state index in [0.29, 0.717) is 31.7 Å². The second kappa shape index (κ2) is 11.0. The van der Waals surface area contributed by atoms with Gasteiger partial charge in [0.25, 0.3) is 5.91 Å². The van der Waals surface area contributed by atoms with Crippen molar-refractivity contribution in [1.82, 2.24) is 19.1 Å². The highest BCUT2D eigenvalue weighted by Crippen LogP contribution is 2.44. The van der Waals surface area contributed by atoms with Crippen LogP contribution >= 0.6 is 0 Å². The largest absolute Gasteiger partial charge is 0.396 e. The molecule has 1 aromatic heterocycles. The Morgan fingerprint density at radius 1 is 1.13 bits per heavy atom. The Kier molecular flexibility index (Phi) is 7.87. The number of aromatic nitrogens is 1. The molecule has 0 bridgehead atoms. The number of amides is 1. The molecular weight excluding hydrogens is 496 g/mol. The number of hydrogen-bond acceptors (Lipinski definition) is 5. The number of carbonyl (C=O) groups excluding carboxylic acids is 1. The number of aliphatic hydroxyl groups excluding tert-OH is 1. The first-order valence-corrected chi connectivity index (χ1v) is 14.9. The van der Waals surface area contributed by atoms with Crippen LogP contribution in [0.5, 0.6) is 0 Å². The van der Waals surface area contributed by atoms with Crippen molar-refractivity contribution in [2.45, 2.75) is 63.8 Å². The summed E-state index contributed by atoms with van der Waals surface area (Å²) in [6.45, 7) is 9.42. The zero-order valence-corrected chi connectivity index (χ0v) is 23.9. The van der Waals surface area contributed by atoms with Gasteiger partial charge in [-0.1, -0.05) is 24.3 Å². The topological polar surface area (TPSA) is 77.0 Å². The van der Waals surface area contributed by atoms with E-state index < -0.39 is 15.7 Å². The van der Waals surface area contributed by atoms with Crippen molar-refractivity contribution in [3.8, 4) is 11.3 Å². The van der Waals surface area contributed by atoms with Crippen molar-refractivity contribution in [2.24, 2.45) is 0 Å². The third-order valence-electron chi connectivity index (χ3n) is 7.85. The minimum Gasteiger partial charge on any atom is -0.396 e. The molecule has 3 aliphatic rings. The molecule has 1 aromatic carbocycles. The summed E-state index contributed by atoms with van der Waals surface area (Å²) < 4.78 is 15.2. The van der Waals surface area contributed by atoms with E-state index in [4.69, 9.17) is 4.98 Å². The summed E-state index contributed by atoms with van der Waals surface area (Å²) >= 11 is 0. The summed E-state index contributed by atoms with van der Waals surface area (Å²) in [5, 5.41) is 10.0. The second-order valence-electron chi connectivity index (χ2n) is 11.7. The third-order valence-corrected chi connectivity index (χ3v) is 9.71. The van der Waals surface area contributed by atoms with E-state index >= 15 is 0 Å². The summed E-state index contributed by atoms with van der Waals surface area (Å²) in [5.74, 6) is -0.0501. The molecule has 1 amide bonds. The normalized spacial score (nSPS) is 21.4. The van der Waals surface area contributed by atoms with E-state index in [-0.39, 0.29) is 18.6 Å². The Labute approximate surface area is 229 Å². The van der Waals surface area contributed by atoms with Gasteiger partial charge in [0.1, 0.15) is 16.7 Å². The van der Waals surface area contributed by atoms with Crippen LogP contribution in [0.3, 0.4) is 0 Å². The van der Waals surface area contributed by atoms with Crippen molar-refractivity contribution in [3.63, 3.8) is 0 Å². The van der Waals surface area contributed by atoms with Gasteiger partial charge in [-0.05, 0) is 82.3 Å². The molecule has 0 saturated carbocycles. The van der Waals surface area contributed by atoms with Crippen LogP contribution in [0, 0.1) is 0 Å². The first kappa shape index (κ1) is 27.2. The quantitative estimate of drug-likeness (QED) is 0.592. The van der Waals surface area contributed by atoms with Gasteiger partial charge in [0.15, 0.2) is 0 Å². The van der Waals surface area contributed by atoms with Crippen molar-refractivity contribution < 1.29 is 14.1 Å². The Morgan fingerprint density at radius 3 is 2.53 bits per heavy atom. The van der Waals surface area contributed by atoms with Crippen LogP contribution < -0.4 is 0 Å². The van der Waals surface area contributed by atoms with Crippen LogP contribution in [0.15, 0.2) is 36.4 Å². The number of rotatable bonds is 6. The smallest absolute Gasteiger partial charge is 0.272 e. The lowest BCUT2D eigenvalue weighted by Gasteiger charge is -2.32. The van der Waals surface area contributed by atoms with Crippen molar-refractivity contribution in [3.05, 3.63) is 58.8 Å². The van der Waals surface area contributed by atoms with Gasteiger partial charge in [0.2, 0.25) is 0 Å². The Bertz CT molecular complexity index is 1260. The van der Waals surface area contributed by atoms with Gasteiger partial charge in [0, 0.05) is 50.5 Å². The maximum Gasteiger partial charge on any atom is 0.272 e. The molecule has 204 valence electrons. The van der Waals surface area contributed by atoms with E-state index in [0.717, 1.165) is 48.3 Å². The Hall–Kier alpha value is -2.39. The SMILES string of the molecule is CN1CCN(C(=O)c2cc3c(c(-c4cccc(C5=CCCC5)c4)n2)[C@H](CCO)N([S@@](=O)C(C)(C)C)C3)CC1.